The standard InChI is InChI=1S/C19H20N6O3S/c1-10-6-12-15(28-24(3)17(12)26)7-13(10)21-18-20-8-14-16(22-18)25(19(27)23(14)2)11-4-5-29-9-11/h6-8,11H,4-5,9H2,1-3H3,(H,20,21,22). The van der Waals surface area contributed by atoms with E-state index in [-0.39, 0.29) is 17.3 Å². The Bertz CT molecular complexity index is 1370. The van der Waals surface area contributed by atoms with Gasteiger partial charge in [-0.15, -0.1) is 0 Å². The second-order valence-corrected chi connectivity index (χ2v) is 8.46. The zero-order chi connectivity index (χ0) is 20.3. The van der Waals surface area contributed by atoms with Gasteiger partial charge in [0, 0.05) is 31.6 Å². The van der Waals surface area contributed by atoms with E-state index in [4.69, 9.17) is 4.52 Å². The number of aromatic nitrogens is 5. The Morgan fingerprint density at radius 1 is 1.28 bits per heavy atom. The van der Waals surface area contributed by atoms with E-state index in [1.165, 1.54) is 4.74 Å². The summed E-state index contributed by atoms with van der Waals surface area (Å²) in [7, 11) is 3.33. The first-order valence-corrected chi connectivity index (χ1v) is 10.5. The molecular weight excluding hydrogens is 392 g/mol. The van der Waals surface area contributed by atoms with Crippen LogP contribution < -0.4 is 16.6 Å². The number of nitrogens with zero attached hydrogens (tertiary/aromatic N) is 5. The monoisotopic (exact) mass is 412 g/mol. The molecule has 10 heteroatoms. The van der Waals surface area contributed by atoms with Crippen molar-refractivity contribution in [3.8, 4) is 0 Å². The number of fused-ring (bicyclic) bond motifs is 2. The molecular formula is C19H20N6O3S. The molecule has 1 saturated heterocycles. The second kappa shape index (κ2) is 6.51. The van der Waals surface area contributed by atoms with E-state index in [1.54, 1.807) is 41.6 Å². The first-order chi connectivity index (χ1) is 13.9. The highest BCUT2D eigenvalue weighted by Crippen LogP contribution is 2.30. The molecule has 1 fully saturated rings. The zero-order valence-electron chi connectivity index (χ0n) is 16.3. The van der Waals surface area contributed by atoms with Crippen LogP contribution in [-0.4, -0.2) is 35.3 Å². The van der Waals surface area contributed by atoms with E-state index in [0.29, 0.717) is 28.1 Å². The van der Waals surface area contributed by atoms with E-state index in [1.807, 2.05) is 18.7 Å². The van der Waals surface area contributed by atoms with Crippen molar-refractivity contribution in [1.29, 1.82) is 0 Å². The van der Waals surface area contributed by atoms with E-state index in [9.17, 15) is 9.59 Å². The number of aryl methyl sites for hydroxylation is 3. The third-order valence-corrected chi connectivity index (χ3v) is 6.57. The Hall–Kier alpha value is -3.01. The summed E-state index contributed by atoms with van der Waals surface area (Å²) in [5, 5.41) is 3.74. The van der Waals surface area contributed by atoms with Crippen molar-refractivity contribution >= 4 is 45.5 Å². The van der Waals surface area contributed by atoms with Gasteiger partial charge >= 0.3 is 5.69 Å². The molecule has 4 heterocycles. The number of hydrogen-bond donors (Lipinski definition) is 1. The highest BCUT2D eigenvalue weighted by Gasteiger charge is 2.24. The van der Waals surface area contributed by atoms with Crippen LogP contribution in [-0.2, 0) is 14.1 Å². The number of rotatable bonds is 3. The van der Waals surface area contributed by atoms with Crippen LogP contribution in [0.15, 0.2) is 32.4 Å². The summed E-state index contributed by atoms with van der Waals surface area (Å²) in [6.45, 7) is 1.90. The van der Waals surface area contributed by atoms with Crippen molar-refractivity contribution in [3.05, 3.63) is 44.7 Å². The van der Waals surface area contributed by atoms with Crippen molar-refractivity contribution < 1.29 is 4.52 Å². The van der Waals surface area contributed by atoms with Gasteiger partial charge in [-0.3, -0.25) is 13.9 Å². The molecule has 0 bridgehead atoms. The van der Waals surface area contributed by atoms with Crippen LogP contribution in [0.5, 0.6) is 0 Å². The predicted octanol–water partition coefficient (Wildman–Crippen LogP) is 2.30. The lowest BCUT2D eigenvalue weighted by molar-refractivity contribution is 0.324. The van der Waals surface area contributed by atoms with Crippen LogP contribution in [0.25, 0.3) is 22.1 Å². The fourth-order valence-corrected chi connectivity index (χ4v) is 4.99. The van der Waals surface area contributed by atoms with Gasteiger partial charge in [0.05, 0.1) is 17.6 Å². The molecule has 150 valence electrons. The SMILES string of the molecule is Cc1cc2c(=O)n(C)oc2cc1Nc1ncc2c(n1)n(C1CCSC1)c(=O)n2C. The number of nitrogens with one attached hydrogen (secondary N) is 1. The summed E-state index contributed by atoms with van der Waals surface area (Å²) in [5.74, 6) is 2.35. The minimum atomic E-state index is -0.171. The molecule has 4 aromatic rings. The first kappa shape index (κ1) is 18.0. The van der Waals surface area contributed by atoms with E-state index in [0.717, 1.165) is 29.2 Å². The minimum absolute atomic E-state index is 0.0670. The Morgan fingerprint density at radius 2 is 2.10 bits per heavy atom. The van der Waals surface area contributed by atoms with Crippen LogP contribution in [0.2, 0.25) is 0 Å². The van der Waals surface area contributed by atoms with Gasteiger partial charge in [-0.1, -0.05) is 0 Å². The third-order valence-electron chi connectivity index (χ3n) is 5.43. The van der Waals surface area contributed by atoms with Crippen molar-refractivity contribution in [2.75, 3.05) is 16.8 Å². The van der Waals surface area contributed by atoms with Crippen molar-refractivity contribution in [2.45, 2.75) is 19.4 Å². The molecule has 0 aliphatic carbocycles. The van der Waals surface area contributed by atoms with Gasteiger partial charge in [0.1, 0.15) is 5.52 Å². The molecule has 1 atom stereocenters. The Morgan fingerprint density at radius 3 is 2.86 bits per heavy atom. The van der Waals surface area contributed by atoms with Gasteiger partial charge in [-0.05, 0) is 30.7 Å². The zero-order valence-corrected chi connectivity index (χ0v) is 17.1. The van der Waals surface area contributed by atoms with E-state index >= 15 is 0 Å². The van der Waals surface area contributed by atoms with Gasteiger partial charge in [-0.25, -0.2) is 9.78 Å². The Labute approximate surface area is 169 Å². The van der Waals surface area contributed by atoms with Gasteiger partial charge in [0.25, 0.3) is 5.56 Å². The molecule has 29 heavy (non-hydrogen) atoms. The maximum absolute atomic E-state index is 12.8. The highest BCUT2D eigenvalue weighted by atomic mass is 32.2. The minimum Gasteiger partial charge on any atom is -0.376 e. The molecule has 1 N–H and O–H groups in total. The predicted molar refractivity (Wildman–Crippen MR) is 113 cm³/mol. The molecule has 1 aliphatic heterocycles. The second-order valence-electron chi connectivity index (χ2n) is 7.31. The molecule has 0 spiro atoms. The number of hydrogen-bond acceptors (Lipinski definition) is 7. The molecule has 0 radical (unpaired) electrons. The number of benzene rings is 1. The van der Waals surface area contributed by atoms with Gasteiger partial charge in [0.15, 0.2) is 11.2 Å². The first-order valence-electron chi connectivity index (χ1n) is 9.33. The quantitative estimate of drug-likeness (QED) is 0.551. The molecule has 5 rings (SSSR count). The summed E-state index contributed by atoms with van der Waals surface area (Å²) < 4.78 is 10.1. The lowest BCUT2D eigenvalue weighted by Crippen LogP contribution is -2.26. The van der Waals surface area contributed by atoms with Gasteiger partial charge in [-0.2, -0.15) is 21.5 Å². The number of thioether (sulfide) groups is 1. The maximum atomic E-state index is 12.8. The average molecular weight is 412 g/mol. The van der Waals surface area contributed by atoms with Crippen LogP contribution in [0.1, 0.15) is 18.0 Å². The normalized spacial score (nSPS) is 16.9. The van der Waals surface area contributed by atoms with Gasteiger partial charge in [0.2, 0.25) is 5.95 Å². The lowest BCUT2D eigenvalue weighted by Gasteiger charge is -2.11. The maximum Gasteiger partial charge on any atom is 0.330 e. The molecule has 1 aliphatic rings. The average Bonchev–Trinajstić information content (AvgIpc) is 3.37. The van der Waals surface area contributed by atoms with Crippen molar-refractivity contribution in [3.63, 3.8) is 0 Å². The Kier molecular flexibility index (Phi) is 4.05. The smallest absolute Gasteiger partial charge is 0.330 e. The summed E-state index contributed by atoms with van der Waals surface area (Å²) >= 11 is 1.85. The topological polar surface area (TPSA) is 99.9 Å². The van der Waals surface area contributed by atoms with Crippen molar-refractivity contribution in [2.24, 2.45) is 14.1 Å². The summed E-state index contributed by atoms with van der Waals surface area (Å²) in [4.78, 5) is 33.9. The van der Waals surface area contributed by atoms with E-state index < -0.39 is 0 Å². The fraction of sp³-hybridized carbons (Fsp3) is 0.368. The van der Waals surface area contributed by atoms with Crippen LogP contribution in [0.3, 0.4) is 0 Å². The highest BCUT2D eigenvalue weighted by molar-refractivity contribution is 7.99. The molecule has 1 unspecified atom stereocenters. The Balaban J connectivity index is 1.60. The summed E-state index contributed by atoms with van der Waals surface area (Å²) in [5.41, 5.74) is 3.21. The van der Waals surface area contributed by atoms with Crippen LogP contribution in [0.4, 0.5) is 11.6 Å². The number of anilines is 2. The molecule has 9 nitrogen and oxygen atoms in total. The lowest BCUT2D eigenvalue weighted by atomic mass is 10.1. The molecule has 0 amide bonds. The van der Waals surface area contributed by atoms with Crippen molar-refractivity contribution in [1.82, 2.24) is 23.8 Å². The third kappa shape index (κ3) is 2.78. The molecule has 0 saturated carbocycles. The van der Waals surface area contributed by atoms with Crippen LogP contribution >= 0.6 is 11.8 Å². The number of imidazole rings is 1. The summed E-state index contributed by atoms with van der Waals surface area (Å²) in [6, 6.07) is 3.71. The molecule has 1 aromatic carbocycles. The fourth-order valence-electron chi connectivity index (χ4n) is 3.80. The van der Waals surface area contributed by atoms with Gasteiger partial charge < -0.3 is 9.84 Å². The largest absolute Gasteiger partial charge is 0.376 e. The van der Waals surface area contributed by atoms with E-state index in [2.05, 4.69) is 15.3 Å². The molecule has 3 aromatic heterocycles. The summed E-state index contributed by atoms with van der Waals surface area (Å²) in [6.07, 6.45) is 2.63. The van der Waals surface area contributed by atoms with Crippen LogP contribution in [0, 0.1) is 6.92 Å².